The van der Waals surface area contributed by atoms with E-state index < -0.39 is 12.2 Å². The van der Waals surface area contributed by atoms with E-state index in [1.807, 2.05) is 34.6 Å². The summed E-state index contributed by atoms with van der Waals surface area (Å²) >= 11 is 0. The van der Waals surface area contributed by atoms with Crippen molar-refractivity contribution in [2.75, 3.05) is 19.8 Å². The minimum atomic E-state index is -0.799. The second-order valence-corrected chi connectivity index (χ2v) is 7.26. The fourth-order valence-electron chi connectivity index (χ4n) is 2.99. The Hall–Kier alpha value is -0.530. The Balaban J connectivity index is 0.000000772. The van der Waals surface area contributed by atoms with Crippen LogP contribution >= 0.6 is 0 Å². The van der Waals surface area contributed by atoms with Crippen molar-refractivity contribution in [3.05, 3.63) is 0 Å². The van der Waals surface area contributed by atoms with Gasteiger partial charge < -0.3 is 29.6 Å². The second kappa shape index (κ2) is 12.8. The van der Waals surface area contributed by atoms with E-state index in [0.717, 1.165) is 0 Å². The molecule has 3 N–H and O–H groups in total. The first-order valence-electron chi connectivity index (χ1n) is 9.94. The van der Waals surface area contributed by atoms with Crippen LogP contribution in [0.4, 0.5) is 0 Å². The van der Waals surface area contributed by atoms with Gasteiger partial charge in [-0.05, 0) is 24.7 Å². The van der Waals surface area contributed by atoms with Gasteiger partial charge in [0.15, 0.2) is 0 Å². The molecule has 2 rings (SSSR count). The van der Waals surface area contributed by atoms with Crippen LogP contribution in [-0.4, -0.2) is 65.3 Å². The summed E-state index contributed by atoms with van der Waals surface area (Å²) in [6, 6.07) is 0. The summed E-state index contributed by atoms with van der Waals surface area (Å²) in [6.45, 7) is 14.4. The largest absolute Gasteiger partial charge is 0.396 e. The molecular weight excluding hydrogens is 336 g/mol. The third-order valence-corrected chi connectivity index (χ3v) is 5.39. The number of epoxide rings is 1. The summed E-state index contributed by atoms with van der Waals surface area (Å²) in [7, 11) is 0. The van der Waals surface area contributed by atoms with Crippen molar-refractivity contribution in [3.8, 4) is 0 Å². The molecular formula is C20H40O6. The average Bonchev–Trinajstić information content (AvgIpc) is 3.45. The third-order valence-electron chi connectivity index (χ3n) is 5.39. The standard InChI is InChI=1S/C14H26O5.C4H8O.C2H6/c1-7(4-15)8(2)13-14(19-13)9(3)10-5-18-6-11(16)12(10)17;1-3-4(2)5;1-2/h7-17H,4-6H2,1-3H3;3H2,1-2H3;1-2H3/t7?,8-,9-,10?,11?,12?,13?,14?;;/m0../s1. The molecule has 2 saturated heterocycles. The number of aliphatic hydroxyl groups is 3. The van der Waals surface area contributed by atoms with E-state index in [9.17, 15) is 20.1 Å². The van der Waals surface area contributed by atoms with Gasteiger partial charge in [0.05, 0.1) is 31.5 Å². The van der Waals surface area contributed by atoms with Gasteiger partial charge in [-0.25, -0.2) is 0 Å². The highest BCUT2D eigenvalue weighted by molar-refractivity contribution is 5.74. The summed E-state index contributed by atoms with van der Waals surface area (Å²) in [5.41, 5.74) is 0. The predicted molar refractivity (Wildman–Crippen MR) is 102 cm³/mol. The Bertz CT molecular complexity index is 388. The molecule has 6 heteroatoms. The number of rotatable bonds is 6. The number of hydrogen-bond donors (Lipinski definition) is 3. The van der Waals surface area contributed by atoms with E-state index in [1.54, 1.807) is 6.92 Å². The maximum absolute atomic E-state index is 10.0. The van der Waals surface area contributed by atoms with Crippen LogP contribution in [0.3, 0.4) is 0 Å². The zero-order valence-electron chi connectivity index (χ0n) is 17.5. The van der Waals surface area contributed by atoms with Crippen LogP contribution in [0.5, 0.6) is 0 Å². The van der Waals surface area contributed by atoms with Crippen molar-refractivity contribution in [3.63, 3.8) is 0 Å². The van der Waals surface area contributed by atoms with E-state index in [1.165, 1.54) is 0 Å². The molecule has 0 spiro atoms. The first-order chi connectivity index (χ1) is 12.2. The van der Waals surface area contributed by atoms with Crippen LogP contribution in [0.1, 0.15) is 54.9 Å². The summed E-state index contributed by atoms with van der Waals surface area (Å²) in [4.78, 5) is 9.81. The van der Waals surface area contributed by atoms with Crippen LogP contribution in [0, 0.1) is 23.7 Å². The summed E-state index contributed by atoms with van der Waals surface area (Å²) in [5.74, 6) is 0.813. The predicted octanol–water partition coefficient (Wildman–Crippen LogP) is 2.03. The summed E-state index contributed by atoms with van der Waals surface area (Å²) < 4.78 is 11.1. The van der Waals surface area contributed by atoms with Crippen LogP contribution in [0.2, 0.25) is 0 Å². The molecule has 0 aromatic heterocycles. The van der Waals surface area contributed by atoms with Gasteiger partial charge in [0.1, 0.15) is 11.9 Å². The van der Waals surface area contributed by atoms with Crippen molar-refractivity contribution < 1.29 is 29.6 Å². The van der Waals surface area contributed by atoms with E-state index in [-0.39, 0.29) is 49.0 Å². The molecule has 0 radical (unpaired) electrons. The van der Waals surface area contributed by atoms with E-state index in [2.05, 4.69) is 6.92 Å². The number of ether oxygens (including phenoxy) is 2. The Morgan fingerprint density at radius 1 is 1.12 bits per heavy atom. The van der Waals surface area contributed by atoms with Crippen molar-refractivity contribution >= 4 is 5.78 Å². The van der Waals surface area contributed by atoms with E-state index in [4.69, 9.17) is 9.47 Å². The first-order valence-corrected chi connectivity index (χ1v) is 9.94. The van der Waals surface area contributed by atoms with Crippen LogP contribution in [-0.2, 0) is 14.3 Å². The molecule has 26 heavy (non-hydrogen) atoms. The first kappa shape index (κ1) is 25.5. The molecule has 6 nitrogen and oxygen atoms in total. The van der Waals surface area contributed by atoms with Gasteiger partial charge in [-0.2, -0.15) is 0 Å². The minimum Gasteiger partial charge on any atom is -0.396 e. The van der Waals surface area contributed by atoms with Crippen LogP contribution in [0.15, 0.2) is 0 Å². The molecule has 156 valence electrons. The smallest absolute Gasteiger partial charge is 0.129 e. The van der Waals surface area contributed by atoms with Gasteiger partial charge in [-0.3, -0.25) is 0 Å². The van der Waals surface area contributed by atoms with Crippen LogP contribution < -0.4 is 0 Å². The minimum absolute atomic E-state index is 0.0876. The lowest BCUT2D eigenvalue weighted by Gasteiger charge is -2.35. The molecule has 0 aromatic rings. The molecule has 0 aromatic carbocycles. The third kappa shape index (κ3) is 7.61. The zero-order valence-corrected chi connectivity index (χ0v) is 17.5. The lowest BCUT2D eigenvalue weighted by atomic mass is 9.80. The summed E-state index contributed by atoms with van der Waals surface area (Å²) in [5, 5.41) is 28.9. The molecule has 2 heterocycles. The number of ketones is 1. The molecule has 0 amide bonds. The number of hydrogen-bond acceptors (Lipinski definition) is 6. The quantitative estimate of drug-likeness (QED) is 0.614. The van der Waals surface area contributed by atoms with Gasteiger partial charge in [-0.15, -0.1) is 0 Å². The average molecular weight is 377 g/mol. The highest BCUT2D eigenvalue weighted by Crippen LogP contribution is 2.42. The highest BCUT2D eigenvalue weighted by Gasteiger charge is 2.51. The Morgan fingerprint density at radius 3 is 2.12 bits per heavy atom. The van der Waals surface area contributed by atoms with Crippen molar-refractivity contribution in [2.24, 2.45) is 23.7 Å². The van der Waals surface area contributed by atoms with Gasteiger partial charge in [0, 0.05) is 18.9 Å². The fraction of sp³-hybridized carbons (Fsp3) is 0.950. The lowest BCUT2D eigenvalue weighted by molar-refractivity contribution is -0.134. The Morgan fingerprint density at radius 2 is 1.65 bits per heavy atom. The maximum Gasteiger partial charge on any atom is 0.129 e. The second-order valence-electron chi connectivity index (χ2n) is 7.26. The number of aliphatic hydroxyl groups excluding tert-OH is 3. The number of carbonyl (C=O) groups excluding carboxylic acids is 1. The molecule has 8 atom stereocenters. The van der Waals surface area contributed by atoms with Crippen LogP contribution in [0.25, 0.3) is 0 Å². The van der Waals surface area contributed by atoms with E-state index >= 15 is 0 Å². The van der Waals surface area contributed by atoms with Crippen molar-refractivity contribution in [1.29, 1.82) is 0 Å². The summed E-state index contributed by atoms with van der Waals surface area (Å²) in [6.07, 6.45) is -0.632. The highest BCUT2D eigenvalue weighted by atomic mass is 16.6. The Labute approximate surface area is 158 Å². The van der Waals surface area contributed by atoms with Gasteiger partial charge in [0.2, 0.25) is 0 Å². The van der Waals surface area contributed by atoms with Crippen molar-refractivity contribution in [1.82, 2.24) is 0 Å². The molecule has 6 unspecified atom stereocenters. The SMILES string of the molecule is CC.CC(CO)[C@H](C)C1OC1[C@@H](C)C1COCC(O)C1O.CCC(C)=O. The number of Topliss-reactive ketones (excluding diaryl/α,β-unsaturated/α-hetero) is 1. The lowest BCUT2D eigenvalue weighted by Crippen LogP contribution is -2.47. The van der Waals surface area contributed by atoms with Crippen molar-refractivity contribution in [2.45, 2.75) is 79.3 Å². The van der Waals surface area contributed by atoms with Gasteiger partial charge >= 0.3 is 0 Å². The fourth-order valence-corrected chi connectivity index (χ4v) is 2.99. The monoisotopic (exact) mass is 376 g/mol. The Kier molecular flexibility index (Phi) is 12.5. The molecule has 0 aliphatic carbocycles. The molecule has 2 fully saturated rings. The topological polar surface area (TPSA) is 99.5 Å². The maximum atomic E-state index is 10.0. The molecule has 0 saturated carbocycles. The van der Waals surface area contributed by atoms with Gasteiger partial charge in [0.25, 0.3) is 0 Å². The van der Waals surface area contributed by atoms with E-state index in [0.29, 0.717) is 18.9 Å². The number of carbonyl (C=O) groups is 1. The zero-order chi connectivity index (χ0) is 20.4. The molecule has 2 aliphatic heterocycles. The normalized spacial score (nSPS) is 33.5. The molecule has 0 bridgehead atoms. The van der Waals surface area contributed by atoms with Gasteiger partial charge in [-0.1, -0.05) is 41.5 Å². The molecule has 2 aliphatic rings.